The molecule has 2 unspecified atom stereocenters. The summed E-state index contributed by atoms with van der Waals surface area (Å²) in [6.07, 6.45) is 2.26. The van der Waals surface area contributed by atoms with E-state index in [-0.39, 0.29) is 5.41 Å². The molecule has 114 valence electrons. The molecule has 0 aliphatic heterocycles. The highest BCUT2D eigenvalue weighted by atomic mass is 16.5. The van der Waals surface area contributed by atoms with Gasteiger partial charge in [0.1, 0.15) is 0 Å². The van der Waals surface area contributed by atoms with Gasteiger partial charge in [0, 0.05) is 25.2 Å². The first-order valence-corrected chi connectivity index (χ1v) is 7.81. The van der Waals surface area contributed by atoms with Crippen LogP contribution in [0.25, 0.3) is 0 Å². The molecule has 1 N–H and O–H groups in total. The molecule has 20 heavy (non-hydrogen) atoms. The molecular formula is C18H31NO. The van der Waals surface area contributed by atoms with Crippen molar-refractivity contribution in [2.24, 2.45) is 5.92 Å². The summed E-state index contributed by atoms with van der Waals surface area (Å²) in [6, 6.07) is 11.3. The van der Waals surface area contributed by atoms with Gasteiger partial charge >= 0.3 is 0 Å². The Kier molecular flexibility index (Phi) is 7.25. The summed E-state index contributed by atoms with van der Waals surface area (Å²) in [5.74, 6) is 0.580. The van der Waals surface area contributed by atoms with Crippen molar-refractivity contribution in [3.63, 3.8) is 0 Å². The Morgan fingerprint density at radius 1 is 1.20 bits per heavy atom. The highest BCUT2D eigenvalue weighted by Gasteiger charge is 2.34. The maximum atomic E-state index is 5.26. The van der Waals surface area contributed by atoms with Gasteiger partial charge in [-0.05, 0) is 30.9 Å². The van der Waals surface area contributed by atoms with E-state index in [2.05, 4.69) is 63.3 Å². The van der Waals surface area contributed by atoms with Gasteiger partial charge in [0.2, 0.25) is 0 Å². The van der Waals surface area contributed by atoms with Crippen molar-refractivity contribution in [2.75, 3.05) is 20.3 Å². The quantitative estimate of drug-likeness (QED) is 0.736. The monoisotopic (exact) mass is 277 g/mol. The van der Waals surface area contributed by atoms with Crippen molar-refractivity contribution in [3.05, 3.63) is 35.9 Å². The molecule has 1 rings (SSSR count). The summed E-state index contributed by atoms with van der Waals surface area (Å²) in [7, 11) is 1.78. The molecule has 1 aromatic carbocycles. The van der Waals surface area contributed by atoms with Gasteiger partial charge in [-0.15, -0.1) is 0 Å². The second-order valence-corrected chi connectivity index (χ2v) is 6.28. The smallest absolute Gasteiger partial charge is 0.0465 e. The lowest BCUT2D eigenvalue weighted by Gasteiger charge is -2.39. The van der Waals surface area contributed by atoms with Crippen LogP contribution in [0.5, 0.6) is 0 Å². The minimum absolute atomic E-state index is 0.115. The van der Waals surface area contributed by atoms with E-state index >= 15 is 0 Å². The summed E-state index contributed by atoms with van der Waals surface area (Å²) < 4.78 is 5.26. The number of ether oxygens (including phenoxy) is 1. The first-order chi connectivity index (χ1) is 9.54. The fourth-order valence-electron chi connectivity index (χ4n) is 2.99. The maximum absolute atomic E-state index is 5.26. The molecule has 0 bridgehead atoms. The number of methoxy groups -OCH3 is 1. The van der Waals surface area contributed by atoms with Crippen LogP contribution in [0, 0.1) is 5.92 Å². The first-order valence-electron chi connectivity index (χ1n) is 7.81. The Balaban J connectivity index is 2.90. The fraction of sp³-hybridized carbons (Fsp3) is 0.667. The van der Waals surface area contributed by atoms with Crippen molar-refractivity contribution in [3.8, 4) is 0 Å². The summed E-state index contributed by atoms with van der Waals surface area (Å²) in [5, 5.41) is 3.76. The number of rotatable bonds is 9. The number of nitrogens with one attached hydrogen (secondary N) is 1. The van der Waals surface area contributed by atoms with Gasteiger partial charge in [-0.25, -0.2) is 0 Å². The van der Waals surface area contributed by atoms with Crippen LogP contribution in [0.3, 0.4) is 0 Å². The minimum atomic E-state index is 0.115. The average molecular weight is 277 g/mol. The SMILES string of the molecule is CCCNC(C(C)CCOC)C(C)(C)c1ccccc1. The zero-order chi connectivity index (χ0) is 15.0. The highest BCUT2D eigenvalue weighted by Crippen LogP contribution is 2.32. The molecule has 0 saturated heterocycles. The molecule has 0 aromatic heterocycles. The van der Waals surface area contributed by atoms with Gasteiger partial charge in [-0.3, -0.25) is 0 Å². The molecule has 2 nitrogen and oxygen atoms in total. The Hall–Kier alpha value is -0.860. The number of hydrogen-bond acceptors (Lipinski definition) is 2. The van der Waals surface area contributed by atoms with Crippen LogP contribution in [-0.2, 0) is 10.2 Å². The van der Waals surface area contributed by atoms with Gasteiger partial charge in [0.15, 0.2) is 0 Å². The Bertz CT molecular complexity index is 361. The summed E-state index contributed by atoms with van der Waals surface area (Å²) in [6.45, 7) is 11.1. The van der Waals surface area contributed by atoms with Crippen molar-refractivity contribution in [2.45, 2.75) is 52.0 Å². The molecule has 0 saturated carbocycles. The van der Waals surface area contributed by atoms with Crippen molar-refractivity contribution in [1.82, 2.24) is 5.32 Å². The molecule has 0 radical (unpaired) electrons. The molecule has 2 heteroatoms. The third-order valence-electron chi connectivity index (χ3n) is 4.26. The van der Waals surface area contributed by atoms with E-state index in [1.807, 2.05) is 0 Å². The number of hydrogen-bond donors (Lipinski definition) is 1. The standard InChI is InChI=1S/C18H31NO/c1-6-13-19-17(15(2)12-14-20-5)18(3,4)16-10-8-7-9-11-16/h7-11,15,17,19H,6,12-14H2,1-5H3. The van der Waals surface area contributed by atoms with Crippen LogP contribution in [-0.4, -0.2) is 26.3 Å². The van der Waals surface area contributed by atoms with E-state index in [1.165, 1.54) is 12.0 Å². The Labute approximate surface area is 124 Å². The van der Waals surface area contributed by atoms with E-state index in [0.717, 1.165) is 19.6 Å². The lowest BCUT2D eigenvalue weighted by molar-refractivity contribution is 0.155. The number of benzene rings is 1. The Morgan fingerprint density at radius 2 is 1.85 bits per heavy atom. The molecule has 0 aliphatic rings. The van der Waals surface area contributed by atoms with Crippen molar-refractivity contribution in [1.29, 1.82) is 0 Å². The second kappa shape index (κ2) is 8.43. The van der Waals surface area contributed by atoms with Gasteiger partial charge in [0.25, 0.3) is 0 Å². The largest absolute Gasteiger partial charge is 0.385 e. The normalized spacial score (nSPS) is 15.1. The van der Waals surface area contributed by atoms with E-state index in [4.69, 9.17) is 4.74 Å². The molecule has 0 heterocycles. The summed E-state index contributed by atoms with van der Waals surface area (Å²) in [4.78, 5) is 0. The fourth-order valence-corrected chi connectivity index (χ4v) is 2.99. The van der Waals surface area contributed by atoms with Crippen LogP contribution in [0.15, 0.2) is 30.3 Å². The lowest BCUT2D eigenvalue weighted by Crippen LogP contribution is -2.49. The Morgan fingerprint density at radius 3 is 2.40 bits per heavy atom. The lowest BCUT2D eigenvalue weighted by atomic mass is 9.72. The molecule has 0 spiro atoms. The van der Waals surface area contributed by atoms with Gasteiger partial charge in [0.05, 0.1) is 0 Å². The molecule has 0 fully saturated rings. The predicted molar refractivity (Wildman–Crippen MR) is 87.2 cm³/mol. The molecule has 2 atom stereocenters. The topological polar surface area (TPSA) is 21.3 Å². The van der Waals surface area contributed by atoms with Crippen molar-refractivity contribution < 1.29 is 4.74 Å². The van der Waals surface area contributed by atoms with Crippen LogP contribution in [0.1, 0.15) is 46.1 Å². The van der Waals surface area contributed by atoms with Gasteiger partial charge in [-0.1, -0.05) is 58.0 Å². The summed E-state index contributed by atoms with van der Waals surface area (Å²) >= 11 is 0. The van der Waals surface area contributed by atoms with E-state index < -0.39 is 0 Å². The highest BCUT2D eigenvalue weighted by molar-refractivity contribution is 5.26. The van der Waals surface area contributed by atoms with Gasteiger partial charge < -0.3 is 10.1 Å². The van der Waals surface area contributed by atoms with Crippen LogP contribution in [0.4, 0.5) is 0 Å². The molecular weight excluding hydrogens is 246 g/mol. The van der Waals surface area contributed by atoms with Gasteiger partial charge in [-0.2, -0.15) is 0 Å². The van der Waals surface area contributed by atoms with E-state index in [1.54, 1.807) is 7.11 Å². The first kappa shape index (κ1) is 17.2. The zero-order valence-corrected chi connectivity index (χ0v) is 13.8. The minimum Gasteiger partial charge on any atom is -0.385 e. The maximum Gasteiger partial charge on any atom is 0.0465 e. The van der Waals surface area contributed by atoms with Crippen LogP contribution >= 0.6 is 0 Å². The molecule has 1 aromatic rings. The third-order valence-corrected chi connectivity index (χ3v) is 4.26. The third kappa shape index (κ3) is 4.60. The van der Waals surface area contributed by atoms with E-state index in [0.29, 0.717) is 12.0 Å². The van der Waals surface area contributed by atoms with Crippen LogP contribution < -0.4 is 5.32 Å². The molecule has 0 aliphatic carbocycles. The summed E-state index contributed by atoms with van der Waals surface area (Å²) in [5.41, 5.74) is 1.52. The van der Waals surface area contributed by atoms with Crippen molar-refractivity contribution >= 4 is 0 Å². The zero-order valence-electron chi connectivity index (χ0n) is 13.8. The molecule has 0 amide bonds. The average Bonchev–Trinajstić information content (AvgIpc) is 2.46. The van der Waals surface area contributed by atoms with E-state index in [9.17, 15) is 0 Å². The van der Waals surface area contributed by atoms with Crippen LogP contribution in [0.2, 0.25) is 0 Å². The predicted octanol–water partition coefficient (Wildman–Crippen LogP) is 4.01. The second-order valence-electron chi connectivity index (χ2n) is 6.28.